The van der Waals surface area contributed by atoms with E-state index in [-0.39, 0.29) is 0 Å². The molecule has 0 radical (unpaired) electrons. The number of nitrogens with one attached hydrogen (secondary N) is 1. The van der Waals surface area contributed by atoms with Gasteiger partial charge in [0.05, 0.1) is 11.5 Å². The van der Waals surface area contributed by atoms with Crippen molar-refractivity contribution in [1.29, 1.82) is 0 Å². The Labute approximate surface area is 110 Å². The summed E-state index contributed by atoms with van der Waals surface area (Å²) in [7, 11) is -2.72. The summed E-state index contributed by atoms with van der Waals surface area (Å²) < 4.78 is 23.0. The van der Waals surface area contributed by atoms with E-state index in [0.29, 0.717) is 23.6 Å². The molecule has 0 aromatic heterocycles. The number of hydrogen-bond donors (Lipinski definition) is 1. The van der Waals surface area contributed by atoms with Gasteiger partial charge in [0.15, 0.2) is 0 Å². The van der Waals surface area contributed by atoms with Crippen molar-refractivity contribution in [2.75, 3.05) is 24.6 Å². The molecular weight excluding hydrogens is 248 g/mol. The summed E-state index contributed by atoms with van der Waals surface area (Å²) in [5.41, 5.74) is 0. The van der Waals surface area contributed by atoms with E-state index in [2.05, 4.69) is 10.2 Å². The minimum atomic E-state index is -2.72. The molecule has 1 unspecified atom stereocenters. The lowest BCUT2D eigenvalue weighted by atomic mass is 10.1. The van der Waals surface area contributed by atoms with Gasteiger partial charge in [-0.25, -0.2) is 8.42 Å². The van der Waals surface area contributed by atoms with Crippen molar-refractivity contribution >= 4 is 9.84 Å². The highest BCUT2D eigenvalue weighted by Gasteiger charge is 2.37. The van der Waals surface area contributed by atoms with Crippen molar-refractivity contribution in [2.24, 2.45) is 0 Å². The van der Waals surface area contributed by atoms with E-state index in [0.717, 1.165) is 32.0 Å². The lowest BCUT2D eigenvalue weighted by Crippen LogP contribution is -2.47. The second-order valence-corrected chi connectivity index (χ2v) is 8.41. The van der Waals surface area contributed by atoms with Gasteiger partial charge in [-0.05, 0) is 45.1 Å². The average Bonchev–Trinajstić information content (AvgIpc) is 3.05. The Morgan fingerprint density at radius 1 is 1.00 bits per heavy atom. The molecule has 3 fully saturated rings. The second-order valence-electron chi connectivity index (χ2n) is 6.10. The molecule has 0 bridgehead atoms. The minimum absolute atomic E-state index is 0.402. The zero-order chi connectivity index (χ0) is 12.6. The monoisotopic (exact) mass is 272 g/mol. The summed E-state index contributed by atoms with van der Waals surface area (Å²) in [6.07, 6.45) is 6.92. The largest absolute Gasteiger partial charge is 0.313 e. The lowest BCUT2D eigenvalue weighted by molar-refractivity contribution is 0.159. The zero-order valence-corrected chi connectivity index (χ0v) is 11.8. The molecule has 5 heteroatoms. The molecule has 2 aliphatic heterocycles. The van der Waals surface area contributed by atoms with Gasteiger partial charge >= 0.3 is 0 Å². The van der Waals surface area contributed by atoms with Crippen LogP contribution in [0.4, 0.5) is 0 Å². The van der Waals surface area contributed by atoms with Gasteiger partial charge in [0, 0.05) is 24.7 Å². The summed E-state index contributed by atoms with van der Waals surface area (Å²) >= 11 is 0. The SMILES string of the molecule is O=S1(=O)CCC(N(CC2CCCN2)C2CC2)CC1. The molecule has 18 heavy (non-hydrogen) atoms. The van der Waals surface area contributed by atoms with E-state index in [1.807, 2.05) is 0 Å². The molecule has 1 N–H and O–H groups in total. The van der Waals surface area contributed by atoms with Gasteiger partial charge in [0.1, 0.15) is 9.84 Å². The first-order valence-corrected chi connectivity index (χ1v) is 9.16. The fourth-order valence-electron chi connectivity index (χ4n) is 3.38. The number of sulfone groups is 1. The molecule has 4 nitrogen and oxygen atoms in total. The van der Waals surface area contributed by atoms with Gasteiger partial charge in [-0.15, -0.1) is 0 Å². The molecule has 2 heterocycles. The number of hydrogen-bond acceptors (Lipinski definition) is 4. The van der Waals surface area contributed by atoms with Crippen LogP contribution in [0.3, 0.4) is 0 Å². The third kappa shape index (κ3) is 3.06. The molecule has 0 aromatic carbocycles. The van der Waals surface area contributed by atoms with Crippen LogP contribution in [0.1, 0.15) is 38.5 Å². The zero-order valence-electron chi connectivity index (χ0n) is 11.0. The summed E-state index contributed by atoms with van der Waals surface area (Å²) in [6.45, 7) is 2.29. The average molecular weight is 272 g/mol. The van der Waals surface area contributed by atoms with E-state index in [1.165, 1.54) is 25.7 Å². The Morgan fingerprint density at radius 3 is 2.22 bits per heavy atom. The number of rotatable bonds is 4. The van der Waals surface area contributed by atoms with E-state index in [9.17, 15) is 8.42 Å². The minimum Gasteiger partial charge on any atom is -0.313 e. The van der Waals surface area contributed by atoms with Crippen LogP contribution in [0.25, 0.3) is 0 Å². The topological polar surface area (TPSA) is 49.4 Å². The van der Waals surface area contributed by atoms with Crippen LogP contribution in [-0.4, -0.2) is 56.0 Å². The van der Waals surface area contributed by atoms with Crippen molar-refractivity contribution in [3.63, 3.8) is 0 Å². The molecular formula is C13H24N2O2S. The van der Waals surface area contributed by atoms with Gasteiger partial charge in [0.2, 0.25) is 0 Å². The highest BCUT2D eigenvalue weighted by atomic mass is 32.2. The molecule has 0 amide bonds. The molecule has 0 aromatic rings. The van der Waals surface area contributed by atoms with Gasteiger partial charge in [-0.1, -0.05) is 0 Å². The fraction of sp³-hybridized carbons (Fsp3) is 1.00. The van der Waals surface area contributed by atoms with Crippen molar-refractivity contribution in [3.05, 3.63) is 0 Å². The fourth-order valence-corrected chi connectivity index (χ4v) is 4.85. The summed E-state index contributed by atoms with van der Waals surface area (Å²) in [6, 6.07) is 1.91. The van der Waals surface area contributed by atoms with Crippen molar-refractivity contribution < 1.29 is 8.42 Å². The molecule has 3 rings (SSSR count). The van der Waals surface area contributed by atoms with Crippen LogP contribution >= 0.6 is 0 Å². The Bertz CT molecular complexity index is 372. The van der Waals surface area contributed by atoms with Gasteiger partial charge < -0.3 is 5.32 Å². The summed E-state index contributed by atoms with van der Waals surface area (Å²) in [5.74, 6) is 0.804. The standard InChI is InChI=1S/C13H24N2O2S/c16-18(17)8-5-13(6-9-18)15(12-3-4-12)10-11-2-1-7-14-11/h11-14H,1-10H2. The lowest BCUT2D eigenvalue weighted by Gasteiger charge is -2.36. The quantitative estimate of drug-likeness (QED) is 0.822. The van der Waals surface area contributed by atoms with Crippen LogP contribution in [0, 0.1) is 0 Å². The van der Waals surface area contributed by atoms with Crippen molar-refractivity contribution in [1.82, 2.24) is 10.2 Å². The second kappa shape index (κ2) is 5.10. The summed E-state index contributed by atoms with van der Waals surface area (Å²) in [4.78, 5) is 2.62. The molecule has 0 spiro atoms. The molecule has 3 aliphatic rings. The number of nitrogens with zero attached hydrogens (tertiary/aromatic N) is 1. The highest BCUT2D eigenvalue weighted by molar-refractivity contribution is 7.91. The van der Waals surface area contributed by atoms with E-state index >= 15 is 0 Å². The Kier molecular flexibility index (Phi) is 3.65. The smallest absolute Gasteiger partial charge is 0.150 e. The first-order valence-electron chi connectivity index (χ1n) is 7.34. The maximum atomic E-state index is 11.5. The first kappa shape index (κ1) is 12.9. The molecule has 2 saturated heterocycles. The molecule has 1 aliphatic carbocycles. The van der Waals surface area contributed by atoms with Gasteiger partial charge in [-0.2, -0.15) is 0 Å². The van der Waals surface area contributed by atoms with Crippen molar-refractivity contribution in [3.8, 4) is 0 Å². The van der Waals surface area contributed by atoms with Crippen molar-refractivity contribution in [2.45, 2.75) is 56.7 Å². The summed E-state index contributed by atoms with van der Waals surface area (Å²) in [5, 5.41) is 3.57. The predicted octanol–water partition coefficient (Wildman–Crippen LogP) is 0.780. The Morgan fingerprint density at radius 2 is 1.67 bits per heavy atom. The van der Waals surface area contributed by atoms with E-state index in [4.69, 9.17) is 0 Å². The van der Waals surface area contributed by atoms with Crippen LogP contribution < -0.4 is 5.32 Å². The Balaban J connectivity index is 1.59. The van der Waals surface area contributed by atoms with Gasteiger partial charge in [-0.3, -0.25) is 4.90 Å². The molecule has 1 atom stereocenters. The third-order valence-corrected chi connectivity index (χ3v) is 6.32. The maximum Gasteiger partial charge on any atom is 0.150 e. The normalized spacial score (nSPS) is 33.1. The van der Waals surface area contributed by atoms with E-state index < -0.39 is 9.84 Å². The molecule has 104 valence electrons. The first-order chi connectivity index (χ1) is 8.64. The molecule has 1 saturated carbocycles. The van der Waals surface area contributed by atoms with Crippen LogP contribution in [0.15, 0.2) is 0 Å². The Hall–Kier alpha value is -0.130. The highest BCUT2D eigenvalue weighted by Crippen LogP contribution is 2.32. The van der Waals surface area contributed by atoms with Crippen LogP contribution in [0.5, 0.6) is 0 Å². The van der Waals surface area contributed by atoms with E-state index in [1.54, 1.807) is 0 Å². The maximum absolute atomic E-state index is 11.5. The van der Waals surface area contributed by atoms with Crippen LogP contribution in [-0.2, 0) is 9.84 Å². The van der Waals surface area contributed by atoms with Gasteiger partial charge in [0.25, 0.3) is 0 Å². The van der Waals surface area contributed by atoms with Crippen LogP contribution in [0.2, 0.25) is 0 Å². The predicted molar refractivity (Wildman–Crippen MR) is 72.4 cm³/mol. The third-order valence-electron chi connectivity index (χ3n) is 4.60.